The lowest BCUT2D eigenvalue weighted by Gasteiger charge is -2.05. The summed E-state index contributed by atoms with van der Waals surface area (Å²) in [5.74, 6) is 1.76. The molecule has 32 heavy (non-hydrogen) atoms. The van der Waals surface area contributed by atoms with E-state index in [1.807, 2.05) is 66.7 Å². The van der Waals surface area contributed by atoms with E-state index in [0.29, 0.717) is 35.0 Å². The van der Waals surface area contributed by atoms with Crippen molar-refractivity contribution in [2.45, 2.75) is 6.54 Å². The third-order valence-corrected chi connectivity index (χ3v) is 6.09. The smallest absolute Gasteiger partial charge is 0.263 e. The number of benzene rings is 2. The lowest BCUT2D eigenvalue weighted by molar-refractivity contribution is 0.530. The normalized spacial score (nSPS) is 11.4. The summed E-state index contributed by atoms with van der Waals surface area (Å²) in [6, 6.07) is 21.4. The molecule has 0 spiro atoms. The highest BCUT2D eigenvalue weighted by atomic mass is 32.1. The molecule has 0 atom stereocenters. The Morgan fingerprint density at radius 3 is 2.72 bits per heavy atom. The summed E-state index contributed by atoms with van der Waals surface area (Å²) in [6.07, 6.45) is 1.52. The zero-order chi connectivity index (χ0) is 21.5. The van der Waals surface area contributed by atoms with Crippen LogP contribution in [0.15, 0.2) is 82.1 Å². The van der Waals surface area contributed by atoms with Gasteiger partial charge < -0.3 is 9.73 Å². The molecule has 0 unspecified atom stereocenters. The van der Waals surface area contributed by atoms with Gasteiger partial charge in [0.05, 0.1) is 28.6 Å². The minimum Gasteiger partial charge on any atom is -0.457 e. The van der Waals surface area contributed by atoms with Crippen LogP contribution in [0.1, 0.15) is 5.76 Å². The Labute approximate surface area is 185 Å². The van der Waals surface area contributed by atoms with Crippen LogP contribution in [0.4, 0.5) is 5.95 Å². The highest BCUT2D eigenvalue weighted by Gasteiger charge is 2.13. The molecule has 0 aliphatic heterocycles. The van der Waals surface area contributed by atoms with E-state index in [1.165, 1.54) is 6.20 Å². The Morgan fingerprint density at radius 1 is 1.00 bits per heavy atom. The maximum absolute atomic E-state index is 12.5. The van der Waals surface area contributed by atoms with Crippen molar-refractivity contribution in [3.8, 4) is 16.5 Å². The van der Waals surface area contributed by atoms with Crippen LogP contribution in [0, 0.1) is 0 Å². The minimum absolute atomic E-state index is 0.255. The molecule has 0 amide bonds. The lowest BCUT2D eigenvalue weighted by Crippen LogP contribution is -2.13. The maximum atomic E-state index is 12.5. The van der Waals surface area contributed by atoms with Gasteiger partial charge in [-0.05, 0) is 36.4 Å². The molecule has 9 heteroatoms. The zero-order valence-corrected chi connectivity index (χ0v) is 17.5. The second kappa shape index (κ2) is 7.47. The fraction of sp³-hybridized carbons (Fsp3) is 0.0435. The van der Waals surface area contributed by atoms with Gasteiger partial charge in [-0.25, -0.2) is 9.67 Å². The first-order valence-corrected chi connectivity index (χ1v) is 10.8. The summed E-state index contributed by atoms with van der Waals surface area (Å²) in [7, 11) is 0. The van der Waals surface area contributed by atoms with E-state index in [-0.39, 0.29) is 5.56 Å². The van der Waals surface area contributed by atoms with Crippen molar-refractivity contribution in [2.24, 2.45) is 0 Å². The first-order valence-electron chi connectivity index (χ1n) is 9.96. The molecule has 2 N–H and O–H groups in total. The molecule has 6 rings (SSSR count). The standard InChI is InChI=1S/C23H16N6O2S/c30-21-16-13-25-29(14-6-2-1-3-7-14)20(16)27-23(28-21)24-12-15-10-11-18(31-15)22-26-17-8-4-5-9-19(17)32-22/h1-11,13H,12H2,(H2,24,27,28,30). The van der Waals surface area contributed by atoms with Crippen molar-refractivity contribution in [1.29, 1.82) is 0 Å². The predicted molar refractivity (Wildman–Crippen MR) is 124 cm³/mol. The topological polar surface area (TPSA) is 102 Å². The molecule has 8 nitrogen and oxygen atoms in total. The number of para-hydroxylation sites is 2. The van der Waals surface area contributed by atoms with E-state index in [0.717, 1.165) is 20.9 Å². The summed E-state index contributed by atoms with van der Waals surface area (Å²) in [4.78, 5) is 24.5. The van der Waals surface area contributed by atoms with Crippen LogP contribution in [-0.2, 0) is 6.54 Å². The van der Waals surface area contributed by atoms with Gasteiger partial charge in [0.25, 0.3) is 5.56 Å². The van der Waals surface area contributed by atoms with Gasteiger partial charge in [0, 0.05) is 0 Å². The molecule has 6 aromatic rings. The minimum atomic E-state index is -0.255. The molecule has 0 saturated carbocycles. The number of hydrogen-bond acceptors (Lipinski definition) is 7. The molecule has 0 saturated heterocycles. The summed E-state index contributed by atoms with van der Waals surface area (Å²) < 4.78 is 8.73. The molecule has 4 heterocycles. The maximum Gasteiger partial charge on any atom is 0.263 e. The first-order chi connectivity index (χ1) is 15.7. The SMILES string of the molecule is O=c1[nH]c(NCc2ccc(-c3nc4ccccc4s3)o2)nc2c1cnn2-c1ccccc1. The van der Waals surface area contributed by atoms with Gasteiger partial charge in [-0.2, -0.15) is 10.1 Å². The third kappa shape index (κ3) is 3.25. The third-order valence-electron chi connectivity index (χ3n) is 5.04. The van der Waals surface area contributed by atoms with Crippen LogP contribution in [0.3, 0.4) is 0 Å². The van der Waals surface area contributed by atoms with E-state index < -0.39 is 0 Å². The zero-order valence-electron chi connectivity index (χ0n) is 16.6. The monoisotopic (exact) mass is 440 g/mol. The van der Waals surface area contributed by atoms with Crippen molar-refractivity contribution in [2.75, 3.05) is 5.32 Å². The Balaban J connectivity index is 1.26. The van der Waals surface area contributed by atoms with E-state index in [4.69, 9.17) is 4.42 Å². The predicted octanol–water partition coefficient (Wildman–Crippen LogP) is 4.59. The quantitative estimate of drug-likeness (QED) is 0.407. The second-order valence-corrected chi connectivity index (χ2v) is 8.18. The molecule has 156 valence electrons. The van der Waals surface area contributed by atoms with Crippen molar-refractivity contribution in [3.63, 3.8) is 0 Å². The molecule has 0 fully saturated rings. The first kappa shape index (κ1) is 18.5. The number of H-pyrrole nitrogens is 1. The van der Waals surface area contributed by atoms with E-state index in [2.05, 4.69) is 25.4 Å². The molecule has 4 aromatic heterocycles. The number of rotatable bonds is 5. The van der Waals surface area contributed by atoms with E-state index in [1.54, 1.807) is 16.0 Å². The molecule has 2 aromatic carbocycles. The van der Waals surface area contributed by atoms with Crippen LogP contribution in [-0.4, -0.2) is 24.7 Å². The Kier molecular flexibility index (Phi) is 4.32. The summed E-state index contributed by atoms with van der Waals surface area (Å²) in [6.45, 7) is 0.360. The molecular weight excluding hydrogens is 424 g/mol. The number of fused-ring (bicyclic) bond motifs is 2. The fourth-order valence-electron chi connectivity index (χ4n) is 3.50. The summed E-state index contributed by atoms with van der Waals surface area (Å²) in [5, 5.41) is 8.72. The largest absolute Gasteiger partial charge is 0.457 e. The van der Waals surface area contributed by atoms with Crippen LogP contribution >= 0.6 is 11.3 Å². The molecule has 0 radical (unpaired) electrons. The van der Waals surface area contributed by atoms with Crippen molar-refractivity contribution in [3.05, 3.63) is 89.0 Å². The number of hydrogen-bond donors (Lipinski definition) is 2. The lowest BCUT2D eigenvalue weighted by atomic mass is 10.3. The summed E-state index contributed by atoms with van der Waals surface area (Å²) >= 11 is 1.59. The van der Waals surface area contributed by atoms with Crippen molar-refractivity contribution in [1.82, 2.24) is 24.7 Å². The van der Waals surface area contributed by atoms with Crippen molar-refractivity contribution >= 4 is 38.5 Å². The average molecular weight is 440 g/mol. The second-order valence-electron chi connectivity index (χ2n) is 7.15. The van der Waals surface area contributed by atoms with Gasteiger partial charge in [0.1, 0.15) is 11.1 Å². The molecular formula is C23H16N6O2S. The van der Waals surface area contributed by atoms with Crippen LogP contribution in [0.2, 0.25) is 0 Å². The molecule has 0 aliphatic carbocycles. The van der Waals surface area contributed by atoms with Crippen LogP contribution in [0.25, 0.3) is 37.7 Å². The number of anilines is 1. The average Bonchev–Trinajstić information content (AvgIpc) is 3.55. The number of thiazole rings is 1. The molecule has 0 bridgehead atoms. The summed E-state index contributed by atoms with van der Waals surface area (Å²) in [5.41, 5.74) is 2.01. The van der Waals surface area contributed by atoms with Crippen LogP contribution in [0.5, 0.6) is 0 Å². The fourth-order valence-corrected chi connectivity index (χ4v) is 4.42. The highest BCUT2D eigenvalue weighted by molar-refractivity contribution is 7.21. The number of aromatic amines is 1. The van der Waals surface area contributed by atoms with Gasteiger partial charge in [0.2, 0.25) is 5.95 Å². The van der Waals surface area contributed by atoms with Gasteiger partial charge in [-0.1, -0.05) is 30.3 Å². The van der Waals surface area contributed by atoms with Gasteiger partial charge in [-0.3, -0.25) is 9.78 Å². The van der Waals surface area contributed by atoms with Crippen molar-refractivity contribution < 1.29 is 4.42 Å². The number of aromatic nitrogens is 5. The Bertz CT molecular complexity index is 1580. The number of furan rings is 1. The Morgan fingerprint density at radius 2 is 1.84 bits per heavy atom. The van der Waals surface area contributed by atoms with Gasteiger partial charge >= 0.3 is 0 Å². The highest BCUT2D eigenvalue weighted by Crippen LogP contribution is 2.31. The Hall–Kier alpha value is -4.24. The van der Waals surface area contributed by atoms with E-state index >= 15 is 0 Å². The van der Waals surface area contributed by atoms with E-state index in [9.17, 15) is 4.79 Å². The van der Waals surface area contributed by atoms with Gasteiger partial charge in [0.15, 0.2) is 16.4 Å². The number of nitrogens with one attached hydrogen (secondary N) is 2. The molecule has 0 aliphatic rings. The van der Waals surface area contributed by atoms with Crippen LogP contribution < -0.4 is 10.9 Å². The number of nitrogens with zero attached hydrogens (tertiary/aromatic N) is 4. The van der Waals surface area contributed by atoms with Gasteiger partial charge in [-0.15, -0.1) is 11.3 Å².